The van der Waals surface area contributed by atoms with Crippen molar-refractivity contribution < 1.29 is 0 Å². The Kier molecular flexibility index (Phi) is 4.33. The molecule has 0 spiro atoms. The second-order valence-corrected chi connectivity index (χ2v) is 7.74. The zero-order chi connectivity index (χ0) is 18.3. The van der Waals surface area contributed by atoms with Gasteiger partial charge in [0.05, 0.1) is 11.4 Å². The zero-order valence-corrected chi connectivity index (χ0v) is 16.1. The van der Waals surface area contributed by atoms with Crippen molar-refractivity contribution in [2.75, 3.05) is 0 Å². The van der Waals surface area contributed by atoms with Crippen LogP contribution < -0.4 is 5.56 Å². The predicted octanol–water partition coefficient (Wildman–Crippen LogP) is 2.95. The van der Waals surface area contributed by atoms with Crippen LogP contribution in [-0.4, -0.2) is 29.6 Å². The molecule has 4 rings (SSSR count). The van der Waals surface area contributed by atoms with Crippen LogP contribution in [0.3, 0.4) is 0 Å². The fraction of sp³-hybridized carbons (Fsp3) is 0.235. The van der Waals surface area contributed by atoms with E-state index in [1.165, 1.54) is 28.7 Å². The summed E-state index contributed by atoms with van der Waals surface area (Å²) in [5.41, 5.74) is 4.84. The van der Waals surface area contributed by atoms with Gasteiger partial charge in [0.1, 0.15) is 0 Å². The maximum Gasteiger partial charge on any atom is 0.258 e. The van der Waals surface area contributed by atoms with Crippen molar-refractivity contribution in [1.29, 1.82) is 0 Å². The highest BCUT2D eigenvalue weighted by Gasteiger charge is 2.13. The van der Waals surface area contributed by atoms with Gasteiger partial charge in [-0.2, -0.15) is 4.68 Å². The Bertz CT molecular complexity index is 1160. The molecule has 0 N–H and O–H groups in total. The summed E-state index contributed by atoms with van der Waals surface area (Å²) in [6.07, 6.45) is 0. The molecule has 9 heteroatoms. The van der Waals surface area contributed by atoms with E-state index in [4.69, 9.17) is 0 Å². The molecule has 26 heavy (non-hydrogen) atoms. The highest BCUT2D eigenvalue weighted by molar-refractivity contribution is 7.98. The minimum Gasteiger partial charge on any atom is -0.269 e. The van der Waals surface area contributed by atoms with Crippen LogP contribution in [-0.2, 0) is 5.75 Å². The molecule has 4 aromatic rings. The molecular formula is C17H16N6OS2. The molecule has 0 aliphatic rings. The normalized spacial score (nSPS) is 11.3. The second-order valence-electron chi connectivity index (χ2n) is 5.96. The van der Waals surface area contributed by atoms with Crippen LogP contribution in [0.5, 0.6) is 0 Å². The van der Waals surface area contributed by atoms with Crippen LogP contribution in [0.1, 0.15) is 22.5 Å². The molecule has 0 amide bonds. The van der Waals surface area contributed by atoms with E-state index in [0.29, 0.717) is 15.9 Å². The number of thioether (sulfide) groups is 1. The second kappa shape index (κ2) is 6.65. The molecule has 0 radical (unpaired) electrons. The van der Waals surface area contributed by atoms with E-state index in [0.717, 1.165) is 22.6 Å². The van der Waals surface area contributed by atoms with E-state index in [9.17, 15) is 4.79 Å². The number of tetrazole rings is 1. The Morgan fingerprint density at radius 3 is 2.92 bits per heavy atom. The maximum absolute atomic E-state index is 12.3. The number of aryl methyl sites for hydroxylation is 2. The lowest BCUT2D eigenvalue weighted by Gasteiger charge is -2.09. The maximum atomic E-state index is 12.3. The number of rotatable bonds is 4. The van der Waals surface area contributed by atoms with Gasteiger partial charge in [0.2, 0.25) is 5.16 Å². The highest BCUT2D eigenvalue weighted by atomic mass is 32.2. The summed E-state index contributed by atoms with van der Waals surface area (Å²) in [6.45, 7) is 6.02. The van der Waals surface area contributed by atoms with Gasteiger partial charge in [0.15, 0.2) is 4.96 Å². The third kappa shape index (κ3) is 2.93. The highest BCUT2D eigenvalue weighted by Crippen LogP contribution is 2.24. The SMILES string of the molecule is Cc1cccc(-n2nnnc2SCc2cc(=O)n3c(C)csc3n2)c1C. The molecule has 1 aromatic carbocycles. The molecule has 0 saturated heterocycles. The number of fused-ring (bicyclic) bond motifs is 1. The number of aromatic nitrogens is 6. The first-order valence-electron chi connectivity index (χ1n) is 7.99. The first kappa shape index (κ1) is 16.9. The topological polar surface area (TPSA) is 78.0 Å². The van der Waals surface area contributed by atoms with Crippen molar-refractivity contribution in [2.24, 2.45) is 0 Å². The molecule has 0 saturated carbocycles. The molecule has 0 aliphatic heterocycles. The Morgan fingerprint density at radius 1 is 1.23 bits per heavy atom. The van der Waals surface area contributed by atoms with Crippen molar-refractivity contribution >= 4 is 28.1 Å². The Morgan fingerprint density at radius 2 is 2.08 bits per heavy atom. The molecule has 0 atom stereocenters. The lowest BCUT2D eigenvalue weighted by molar-refractivity contribution is 0.751. The average Bonchev–Trinajstić information content (AvgIpc) is 3.22. The lowest BCUT2D eigenvalue weighted by Crippen LogP contribution is -2.14. The number of nitrogens with zero attached hydrogens (tertiary/aromatic N) is 6. The van der Waals surface area contributed by atoms with Gasteiger partial charge >= 0.3 is 0 Å². The molecule has 0 fully saturated rings. The summed E-state index contributed by atoms with van der Waals surface area (Å²) in [5.74, 6) is 0.522. The van der Waals surface area contributed by atoms with Crippen LogP contribution in [0.4, 0.5) is 0 Å². The molecule has 132 valence electrons. The van der Waals surface area contributed by atoms with E-state index in [-0.39, 0.29) is 5.56 Å². The van der Waals surface area contributed by atoms with Crippen molar-refractivity contribution in [3.8, 4) is 5.69 Å². The van der Waals surface area contributed by atoms with Crippen molar-refractivity contribution in [3.05, 3.63) is 62.5 Å². The summed E-state index contributed by atoms with van der Waals surface area (Å²) in [7, 11) is 0. The Hall–Kier alpha value is -2.52. The first-order valence-corrected chi connectivity index (χ1v) is 9.85. The van der Waals surface area contributed by atoms with E-state index in [1.54, 1.807) is 15.1 Å². The van der Waals surface area contributed by atoms with Gasteiger partial charge in [0.25, 0.3) is 5.56 Å². The van der Waals surface area contributed by atoms with Gasteiger partial charge in [-0.3, -0.25) is 9.20 Å². The fourth-order valence-corrected chi connectivity index (χ4v) is 4.37. The zero-order valence-electron chi connectivity index (χ0n) is 14.5. The van der Waals surface area contributed by atoms with Gasteiger partial charge in [-0.05, 0) is 48.4 Å². The lowest BCUT2D eigenvalue weighted by atomic mass is 10.1. The average molecular weight is 384 g/mol. The summed E-state index contributed by atoms with van der Waals surface area (Å²) in [5, 5.41) is 14.7. The summed E-state index contributed by atoms with van der Waals surface area (Å²) in [6, 6.07) is 7.62. The Labute approximate surface area is 157 Å². The minimum atomic E-state index is -0.0570. The fourth-order valence-electron chi connectivity index (χ4n) is 2.70. The monoisotopic (exact) mass is 384 g/mol. The third-order valence-electron chi connectivity index (χ3n) is 4.22. The number of benzene rings is 1. The van der Waals surface area contributed by atoms with Gasteiger partial charge < -0.3 is 0 Å². The van der Waals surface area contributed by atoms with Gasteiger partial charge in [0, 0.05) is 22.9 Å². The molecule has 0 unspecified atom stereocenters. The molecule has 3 heterocycles. The number of hydrogen-bond acceptors (Lipinski definition) is 7. The van der Waals surface area contributed by atoms with Crippen molar-refractivity contribution in [3.63, 3.8) is 0 Å². The minimum absolute atomic E-state index is 0.0570. The number of hydrogen-bond donors (Lipinski definition) is 0. The molecule has 3 aromatic heterocycles. The molecule has 0 aliphatic carbocycles. The smallest absolute Gasteiger partial charge is 0.258 e. The molecule has 7 nitrogen and oxygen atoms in total. The third-order valence-corrected chi connectivity index (χ3v) is 6.12. The standard InChI is InChI=1S/C17H16N6OS2/c1-10-5-4-6-14(12(10)3)23-17(19-20-21-23)26-9-13-7-15(24)22-11(2)8-25-16(22)18-13/h4-8H,9H2,1-3H3. The largest absolute Gasteiger partial charge is 0.269 e. The van der Waals surface area contributed by atoms with Crippen LogP contribution in [0.15, 0.2) is 39.6 Å². The quantitative estimate of drug-likeness (QED) is 0.504. The van der Waals surface area contributed by atoms with E-state index >= 15 is 0 Å². The summed E-state index contributed by atoms with van der Waals surface area (Å²) in [4.78, 5) is 17.6. The van der Waals surface area contributed by atoms with Gasteiger partial charge in [-0.25, -0.2) is 4.98 Å². The van der Waals surface area contributed by atoms with Gasteiger partial charge in [-0.1, -0.05) is 23.9 Å². The van der Waals surface area contributed by atoms with Crippen molar-refractivity contribution in [1.82, 2.24) is 29.6 Å². The molecule has 0 bridgehead atoms. The van der Waals surface area contributed by atoms with Gasteiger partial charge in [-0.15, -0.1) is 16.4 Å². The van der Waals surface area contributed by atoms with E-state index < -0.39 is 0 Å². The molecular weight excluding hydrogens is 368 g/mol. The first-order chi connectivity index (χ1) is 12.5. The summed E-state index contributed by atoms with van der Waals surface area (Å²) < 4.78 is 3.35. The van der Waals surface area contributed by atoms with E-state index in [2.05, 4.69) is 40.4 Å². The van der Waals surface area contributed by atoms with Crippen molar-refractivity contribution in [2.45, 2.75) is 31.7 Å². The number of thiazole rings is 1. The predicted molar refractivity (Wildman–Crippen MR) is 102 cm³/mol. The van der Waals surface area contributed by atoms with Crippen LogP contribution >= 0.6 is 23.1 Å². The Balaban J connectivity index is 1.63. The van der Waals surface area contributed by atoms with Crippen LogP contribution in [0.25, 0.3) is 10.6 Å². The van der Waals surface area contributed by atoms with Crippen LogP contribution in [0.2, 0.25) is 0 Å². The van der Waals surface area contributed by atoms with E-state index in [1.807, 2.05) is 24.4 Å². The van der Waals surface area contributed by atoms with Crippen LogP contribution in [0, 0.1) is 20.8 Å². The summed E-state index contributed by atoms with van der Waals surface area (Å²) >= 11 is 2.93.